The standard InChI is InChI=1S/C11H13ClN2O2/c12-6-2-5-10(15)14-9-4-1-3-8(7-9)11(13)16/h1,3-4,7H,2,5-6H2,(H2,13,16)(H,14,15). The van der Waals surface area contributed by atoms with E-state index in [1.165, 1.54) is 0 Å². The van der Waals surface area contributed by atoms with Crippen molar-refractivity contribution in [1.29, 1.82) is 0 Å². The summed E-state index contributed by atoms with van der Waals surface area (Å²) in [4.78, 5) is 22.3. The average Bonchev–Trinajstić information content (AvgIpc) is 2.26. The van der Waals surface area contributed by atoms with Gasteiger partial charge >= 0.3 is 0 Å². The number of hydrogen-bond acceptors (Lipinski definition) is 2. The molecular formula is C11H13ClN2O2. The maximum absolute atomic E-state index is 11.4. The molecule has 0 aliphatic rings. The summed E-state index contributed by atoms with van der Waals surface area (Å²) in [6, 6.07) is 6.50. The van der Waals surface area contributed by atoms with Crippen LogP contribution in [0.25, 0.3) is 0 Å². The quantitative estimate of drug-likeness (QED) is 0.770. The highest BCUT2D eigenvalue weighted by Crippen LogP contribution is 2.10. The van der Waals surface area contributed by atoms with Crippen molar-refractivity contribution in [3.8, 4) is 0 Å². The molecule has 0 aliphatic heterocycles. The van der Waals surface area contributed by atoms with Gasteiger partial charge in [0.15, 0.2) is 0 Å². The Balaban J connectivity index is 2.63. The van der Waals surface area contributed by atoms with E-state index in [0.29, 0.717) is 30.0 Å². The average molecular weight is 241 g/mol. The summed E-state index contributed by atoms with van der Waals surface area (Å²) in [6.07, 6.45) is 0.993. The first-order chi connectivity index (χ1) is 7.63. The van der Waals surface area contributed by atoms with Gasteiger partial charge in [-0.25, -0.2) is 0 Å². The second-order valence-electron chi connectivity index (χ2n) is 3.29. The molecular weight excluding hydrogens is 228 g/mol. The van der Waals surface area contributed by atoms with Gasteiger partial charge < -0.3 is 11.1 Å². The van der Waals surface area contributed by atoms with Gasteiger partial charge in [0.25, 0.3) is 0 Å². The molecule has 0 atom stereocenters. The molecule has 2 amide bonds. The molecule has 4 nitrogen and oxygen atoms in total. The van der Waals surface area contributed by atoms with Gasteiger partial charge in [-0.05, 0) is 24.6 Å². The minimum Gasteiger partial charge on any atom is -0.366 e. The molecule has 1 rings (SSSR count). The van der Waals surface area contributed by atoms with Gasteiger partial charge in [0.2, 0.25) is 11.8 Å². The molecule has 5 heteroatoms. The zero-order valence-corrected chi connectivity index (χ0v) is 9.46. The van der Waals surface area contributed by atoms with Gasteiger partial charge in [-0.1, -0.05) is 6.07 Å². The van der Waals surface area contributed by atoms with Gasteiger partial charge in [0, 0.05) is 23.6 Å². The summed E-state index contributed by atoms with van der Waals surface area (Å²) < 4.78 is 0. The Morgan fingerprint density at radius 1 is 1.38 bits per heavy atom. The maximum atomic E-state index is 11.4. The normalized spacial score (nSPS) is 9.81. The summed E-state index contributed by atoms with van der Waals surface area (Å²) in [7, 11) is 0. The van der Waals surface area contributed by atoms with E-state index in [9.17, 15) is 9.59 Å². The van der Waals surface area contributed by atoms with Crippen LogP contribution in [-0.4, -0.2) is 17.7 Å². The lowest BCUT2D eigenvalue weighted by Crippen LogP contribution is -2.14. The van der Waals surface area contributed by atoms with Crippen LogP contribution in [0.3, 0.4) is 0 Å². The SMILES string of the molecule is NC(=O)c1cccc(NC(=O)CCCCl)c1. The first-order valence-corrected chi connectivity index (χ1v) is 5.42. The molecule has 0 heterocycles. The van der Waals surface area contributed by atoms with E-state index < -0.39 is 5.91 Å². The molecule has 0 fully saturated rings. The Morgan fingerprint density at radius 2 is 2.12 bits per heavy atom. The monoisotopic (exact) mass is 240 g/mol. The van der Waals surface area contributed by atoms with Crippen molar-refractivity contribution < 1.29 is 9.59 Å². The Kier molecular flexibility index (Phi) is 4.79. The lowest BCUT2D eigenvalue weighted by Gasteiger charge is -2.05. The van der Waals surface area contributed by atoms with E-state index in [1.54, 1.807) is 24.3 Å². The lowest BCUT2D eigenvalue weighted by atomic mass is 10.2. The van der Waals surface area contributed by atoms with Crippen LogP contribution in [0.4, 0.5) is 5.69 Å². The smallest absolute Gasteiger partial charge is 0.248 e. The minimum atomic E-state index is -0.517. The van der Waals surface area contributed by atoms with Gasteiger partial charge in [-0.2, -0.15) is 0 Å². The van der Waals surface area contributed by atoms with Crippen LogP contribution < -0.4 is 11.1 Å². The lowest BCUT2D eigenvalue weighted by molar-refractivity contribution is -0.116. The number of nitrogens with one attached hydrogen (secondary N) is 1. The molecule has 86 valence electrons. The van der Waals surface area contributed by atoms with E-state index in [4.69, 9.17) is 17.3 Å². The summed E-state index contributed by atoms with van der Waals surface area (Å²) in [5, 5.41) is 2.67. The fourth-order valence-electron chi connectivity index (χ4n) is 1.20. The van der Waals surface area contributed by atoms with Crippen LogP contribution >= 0.6 is 11.6 Å². The fraction of sp³-hybridized carbons (Fsp3) is 0.273. The van der Waals surface area contributed by atoms with Gasteiger partial charge in [-0.15, -0.1) is 11.6 Å². The van der Waals surface area contributed by atoms with Crippen LogP contribution in [-0.2, 0) is 4.79 Å². The first kappa shape index (κ1) is 12.5. The maximum Gasteiger partial charge on any atom is 0.248 e. The van der Waals surface area contributed by atoms with E-state index in [0.717, 1.165) is 0 Å². The third-order valence-corrected chi connectivity index (χ3v) is 2.24. The van der Waals surface area contributed by atoms with Crippen LogP contribution in [0, 0.1) is 0 Å². The number of benzene rings is 1. The molecule has 0 radical (unpaired) electrons. The van der Waals surface area contributed by atoms with Crippen LogP contribution in [0.5, 0.6) is 0 Å². The molecule has 0 saturated heterocycles. The van der Waals surface area contributed by atoms with E-state index in [1.807, 2.05) is 0 Å². The molecule has 0 unspecified atom stereocenters. The number of alkyl halides is 1. The summed E-state index contributed by atoms with van der Waals surface area (Å²) in [6.45, 7) is 0. The van der Waals surface area contributed by atoms with E-state index in [2.05, 4.69) is 5.32 Å². The third-order valence-electron chi connectivity index (χ3n) is 1.97. The number of halogens is 1. The van der Waals surface area contributed by atoms with Crippen molar-refractivity contribution in [2.24, 2.45) is 5.73 Å². The van der Waals surface area contributed by atoms with Crippen LogP contribution in [0.2, 0.25) is 0 Å². The second kappa shape index (κ2) is 6.12. The number of rotatable bonds is 5. The number of amides is 2. The molecule has 16 heavy (non-hydrogen) atoms. The van der Waals surface area contributed by atoms with Crippen LogP contribution in [0.15, 0.2) is 24.3 Å². The molecule has 0 aromatic heterocycles. The Labute approximate surface area is 98.8 Å². The molecule has 0 aliphatic carbocycles. The highest BCUT2D eigenvalue weighted by Gasteiger charge is 2.04. The summed E-state index contributed by atoms with van der Waals surface area (Å²) in [5.41, 5.74) is 6.06. The van der Waals surface area contributed by atoms with Crippen molar-refractivity contribution in [3.05, 3.63) is 29.8 Å². The van der Waals surface area contributed by atoms with E-state index in [-0.39, 0.29) is 5.91 Å². The number of anilines is 1. The van der Waals surface area contributed by atoms with Gasteiger partial charge in [0.1, 0.15) is 0 Å². The number of primary amides is 1. The third kappa shape index (κ3) is 3.90. The minimum absolute atomic E-state index is 0.123. The molecule has 1 aromatic carbocycles. The number of carbonyl (C=O) groups is 2. The highest BCUT2D eigenvalue weighted by atomic mass is 35.5. The Hall–Kier alpha value is -1.55. The fourth-order valence-corrected chi connectivity index (χ4v) is 1.33. The molecule has 0 bridgehead atoms. The van der Waals surface area contributed by atoms with Crippen molar-refractivity contribution in [3.63, 3.8) is 0 Å². The predicted molar refractivity (Wildman–Crippen MR) is 63.5 cm³/mol. The Bertz CT molecular complexity index is 393. The van der Waals surface area contributed by atoms with Crippen molar-refractivity contribution >= 4 is 29.1 Å². The van der Waals surface area contributed by atoms with Gasteiger partial charge in [0.05, 0.1) is 0 Å². The topological polar surface area (TPSA) is 72.2 Å². The van der Waals surface area contributed by atoms with Crippen molar-refractivity contribution in [2.75, 3.05) is 11.2 Å². The second-order valence-corrected chi connectivity index (χ2v) is 3.66. The molecule has 3 N–H and O–H groups in total. The van der Waals surface area contributed by atoms with Crippen molar-refractivity contribution in [1.82, 2.24) is 0 Å². The summed E-state index contributed by atoms with van der Waals surface area (Å²) in [5.74, 6) is -0.187. The number of carbonyl (C=O) groups excluding carboxylic acids is 2. The molecule has 1 aromatic rings. The largest absolute Gasteiger partial charge is 0.366 e. The number of hydrogen-bond donors (Lipinski definition) is 2. The Morgan fingerprint density at radius 3 is 2.75 bits per heavy atom. The molecule has 0 saturated carbocycles. The first-order valence-electron chi connectivity index (χ1n) is 4.89. The summed E-state index contributed by atoms with van der Waals surface area (Å²) >= 11 is 5.47. The van der Waals surface area contributed by atoms with Gasteiger partial charge in [-0.3, -0.25) is 9.59 Å². The zero-order chi connectivity index (χ0) is 12.0. The zero-order valence-electron chi connectivity index (χ0n) is 8.70. The van der Waals surface area contributed by atoms with E-state index >= 15 is 0 Å². The van der Waals surface area contributed by atoms with Crippen molar-refractivity contribution in [2.45, 2.75) is 12.8 Å². The highest BCUT2D eigenvalue weighted by molar-refractivity contribution is 6.18. The van der Waals surface area contributed by atoms with Crippen LogP contribution in [0.1, 0.15) is 23.2 Å². The number of nitrogens with two attached hydrogens (primary N) is 1. The molecule has 0 spiro atoms. The predicted octanol–water partition coefficient (Wildman–Crippen LogP) is 1.74.